The van der Waals surface area contributed by atoms with Crippen molar-refractivity contribution in [1.29, 1.82) is 0 Å². The maximum Gasteiger partial charge on any atom is 0.270 e. The van der Waals surface area contributed by atoms with Crippen molar-refractivity contribution in [2.75, 3.05) is 38.3 Å². The third-order valence-corrected chi connectivity index (χ3v) is 5.98. The molecule has 0 radical (unpaired) electrons. The molecule has 2 aromatic heterocycles. The Kier molecular flexibility index (Phi) is 6.55. The minimum absolute atomic E-state index is 0.217. The highest BCUT2D eigenvalue weighted by Crippen LogP contribution is 2.31. The molecule has 0 bridgehead atoms. The van der Waals surface area contributed by atoms with Gasteiger partial charge in [0.15, 0.2) is 5.60 Å². The van der Waals surface area contributed by atoms with Gasteiger partial charge in [-0.15, -0.1) is 0 Å². The first-order valence-electron chi connectivity index (χ1n) is 11.6. The SMILES string of the molecule is CN1C[C@@H](NC(=O)c2cc(Cc3cccc(F)n3)ccn2)COc2ccc(C#CC3(O)COC3)cc21. The van der Waals surface area contributed by atoms with Gasteiger partial charge >= 0.3 is 0 Å². The van der Waals surface area contributed by atoms with Crippen LogP contribution in [-0.4, -0.2) is 66.0 Å². The van der Waals surface area contributed by atoms with Crippen LogP contribution in [0.4, 0.5) is 10.1 Å². The number of pyridine rings is 2. The molecule has 2 aliphatic rings. The van der Waals surface area contributed by atoms with Gasteiger partial charge in [0, 0.05) is 37.5 Å². The Balaban J connectivity index is 1.24. The molecular weight excluding hydrogens is 463 g/mol. The Morgan fingerprint density at radius 3 is 2.92 bits per heavy atom. The van der Waals surface area contributed by atoms with Gasteiger partial charge in [-0.25, -0.2) is 4.98 Å². The van der Waals surface area contributed by atoms with Gasteiger partial charge in [-0.05, 0) is 48.0 Å². The van der Waals surface area contributed by atoms with Crippen LogP contribution in [0.3, 0.4) is 0 Å². The standard InChI is InChI=1S/C27H25FN4O4/c1-32-14-21(15-36-24-6-5-18(13-23(24)32)7-9-27(34)16-35-17-27)31-26(33)22-12-19(8-10-29-22)11-20-3-2-4-25(28)30-20/h2-6,8,10,12-13,21,34H,11,14-17H2,1H3,(H,31,33)/t21-/m1/s1. The molecule has 1 amide bonds. The fourth-order valence-electron chi connectivity index (χ4n) is 4.06. The Bertz CT molecular complexity index is 1350. The number of halogens is 1. The van der Waals surface area contributed by atoms with E-state index < -0.39 is 11.5 Å². The lowest BCUT2D eigenvalue weighted by Gasteiger charge is -2.30. The molecule has 0 aliphatic carbocycles. The zero-order valence-electron chi connectivity index (χ0n) is 19.7. The molecule has 2 aliphatic heterocycles. The molecule has 9 heteroatoms. The fraction of sp³-hybridized carbons (Fsp3) is 0.296. The summed E-state index contributed by atoms with van der Waals surface area (Å²) in [5.74, 6) is 5.69. The summed E-state index contributed by atoms with van der Waals surface area (Å²) in [5.41, 5.74) is 2.16. The summed E-state index contributed by atoms with van der Waals surface area (Å²) in [6.07, 6.45) is 1.95. The van der Waals surface area contributed by atoms with E-state index >= 15 is 0 Å². The largest absolute Gasteiger partial charge is 0.489 e. The average Bonchev–Trinajstić information content (AvgIpc) is 3.00. The van der Waals surface area contributed by atoms with E-state index in [9.17, 15) is 14.3 Å². The highest BCUT2D eigenvalue weighted by Gasteiger charge is 2.34. The smallest absolute Gasteiger partial charge is 0.270 e. The van der Waals surface area contributed by atoms with E-state index in [2.05, 4.69) is 27.1 Å². The molecule has 1 atom stereocenters. The second-order valence-corrected chi connectivity index (χ2v) is 9.00. The van der Waals surface area contributed by atoms with Crippen molar-refractivity contribution in [3.8, 4) is 17.6 Å². The third kappa shape index (κ3) is 5.46. The topological polar surface area (TPSA) is 96.8 Å². The van der Waals surface area contributed by atoms with Gasteiger partial charge in [0.25, 0.3) is 5.91 Å². The number of hydrogen-bond acceptors (Lipinski definition) is 7. The second kappa shape index (κ2) is 9.93. The van der Waals surface area contributed by atoms with E-state index in [-0.39, 0.29) is 37.5 Å². The van der Waals surface area contributed by atoms with E-state index in [1.165, 1.54) is 6.07 Å². The lowest BCUT2D eigenvalue weighted by Crippen LogP contribution is -2.48. The molecule has 3 aromatic rings. The zero-order valence-corrected chi connectivity index (χ0v) is 19.7. The molecular formula is C27H25FN4O4. The molecule has 0 spiro atoms. The van der Waals surface area contributed by atoms with Gasteiger partial charge in [-0.2, -0.15) is 4.39 Å². The van der Waals surface area contributed by atoms with E-state index in [1.807, 2.05) is 30.1 Å². The van der Waals surface area contributed by atoms with Crippen molar-refractivity contribution in [1.82, 2.24) is 15.3 Å². The van der Waals surface area contributed by atoms with Crippen molar-refractivity contribution in [2.45, 2.75) is 18.1 Å². The van der Waals surface area contributed by atoms with Crippen LogP contribution in [0.2, 0.25) is 0 Å². The van der Waals surface area contributed by atoms with Crippen LogP contribution in [0, 0.1) is 17.8 Å². The molecule has 2 N–H and O–H groups in total. The number of fused-ring (bicyclic) bond motifs is 1. The summed E-state index contributed by atoms with van der Waals surface area (Å²) in [7, 11) is 1.92. The summed E-state index contributed by atoms with van der Waals surface area (Å²) in [6, 6.07) is 13.4. The lowest BCUT2D eigenvalue weighted by atomic mass is 10.0. The van der Waals surface area contributed by atoms with E-state index in [4.69, 9.17) is 9.47 Å². The van der Waals surface area contributed by atoms with Crippen LogP contribution in [-0.2, 0) is 11.2 Å². The predicted molar refractivity (Wildman–Crippen MR) is 130 cm³/mol. The summed E-state index contributed by atoms with van der Waals surface area (Å²) in [6.45, 7) is 1.24. The number of rotatable bonds is 4. The van der Waals surface area contributed by atoms with E-state index in [1.54, 1.807) is 30.5 Å². The maximum absolute atomic E-state index is 13.4. The maximum atomic E-state index is 13.4. The van der Waals surface area contributed by atoms with Gasteiger partial charge in [0.2, 0.25) is 5.95 Å². The van der Waals surface area contributed by atoms with Crippen molar-refractivity contribution in [3.05, 3.63) is 83.2 Å². The van der Waals surface area contributed by atoms with Gasteiger partial charge in [-0.3, -0.25) is 9.78 Å². The second-order valence-electron chi connectivity index (χ2n) is 9.00. The minimum Gasteiger partial charge on any atom is -0.489 e. The van der Waals surface area contributed by atoms with Gasteiger partial charge in [-0.1, -0.05) is 17.9 Å². The highest BCUT2D eigenvalue weighted by atomic mass is 19.1. The van der Waals surface area contributed by atoms with Crippen LogP contribution in [0.15, 0.2) is 54.7 Å². The van der Waals surface area contributed by atoms with Crippen LogP contribution in [0.1, 0.15) is 27.3 Å². The average molecular weight is 489 g/mol. The summed E-state index contributed by atoms with van der Waals surface area (Å²) in [5, 5.41) is 13.1. The highest BCUT2D eigenvalue weighted by molar-refractivity contribution is 5.92. The quantitative estimate of drug-likeness (QED) is 0.428. The molecule has 1 saturated heterocycles. The first-order valence-corrected chi connectivity index (χ1v) is 11.6. The first kappa shape index (κ1) is 23.7. The number of carbonyl (C=O) groups is 1. The molecule has 8 nitrogen and oxygen atoms in total. The van der Waals surface area contributed by atoms with E-state index in [0.29, 0.717) is 24.4 Å². The fourth-order valence-corrected chi connectivity index (χ4v) is 4.06. The number of aromatic nitrogens is 2. The van der Waals surface area contributed by atoms with Crippen molar-refractivity contribution >= 4 is 11.6 Å². The van der Waals surface area contributed by atoms with Crippen molar-refractivity contribution in [3.63, 3.8) is 0 Å². The number of benzene rings is 1. The minimum atomic E-state index is -1.08. The zero-order chi connectivity index (χ0) is 25.1. The molecule has 0 unspecified atom stereocenters. The number of amides is 1. The van der Waals surface area contributed by atoms with Gasteiger partial charge in [0.05, 0.1) is 24.9 Å². The number of nitrogens with zero attached hydrogens (tertiary/aromatic N) is 3. The lowest BCUT2D eigenvalue weighted by molar-refractivity contribution is -0.140. The molecule has 5 rings (SSSR count). The van der Waals surface area contributed by atoms with Gasteiger partial charge in [0.1, 0.15) is 18.1 Å². The number of likely N-dealkylation sites (N-methyl/N-ethyl adjacent to an activating group) is 1. The molecule has 184 valence electrons. The Morgan fingerprint density at radius 2 is 2.14 bits per heavy atom. The first-order chi connectivity index (χ1) is 17.4. The van der Waals surface area contributed by atoms with Crippen LogP contribution in [0.25, 0.3) is 0 Å². The molecule has 1 fully saturated rings. The normalized spacial score (nSPS) is 18.0. The van der Waals surface area contributed by atoms with Crippen LogP contribution < -0.4 is 15.0 Å². The molecule has 36 heavy (non-hydrogen) atoms. The number of nitrogens with one attached hydrogen (secondary N) is 1. The Hall–Kier alpha value is -4.00. The monoisotopic (exact) mass is 488 g/mol. The predicted octanol–water partition coefficient (Wildman–Crippen LogP) is 1.95. The molecule has 4 heterocycles. The molecule has 1 aromatic carbocycles. The number of anilines is 1. The van der Waals surface area contributed by atoms with Crippen molar-refractivity contribution in [2.24, 2.45) is 0 Å². The van der Waals surface area contributed by atoms with E-state index in [0.717, 1.165) is 16.8 Å². The third-order valence-electron chi connectivity index (χ3n) is 5.98. The van der Waals surface area contributed by atoms with Crippen molar-refractivity contribution < 1.29 is 23.8 Å². The Labute approximate surface area is 208 Å². The van der Waals surface area contributed by atoms with Crippen LogP contribution in [0.5, 0.6) is 5.75 Å². The Morgan fingerprint density at radius 1 is 1.28 bits per heavy atom. The van der Waals surface area contributed by atoms with Crippen LogP contribution >= 0.6 is 0 Å². The summed E-state index contributed by atoms with van der Waals surface area (Å²) < 4.78 is 24.4. The summed E-state index contributed by atoms with van der Waals surface area (Å²) in [4.78, 5) is 23.0. The summed E-state index contributed by atoms with van der Waals surface area (Å²) >= 11 is 0. The number of carbonyl (C=O) groups excluding carboxylic acids is 1. The number of aliphatic hydroxyl groups is 1. The number of hydrogen-bond donors (Lipinski definition) is 2. The molecule has 0 saturated carbocycles. The van der Waals surface area contributed by atoms with Gasteiger partial charge < -0.3 is 24.8 Å². The number of ether oxygens (including phenoxy) is 2.